The third-order valence-electron chi connectivity index (χ3n) is 4.99. The molecule has 8 heteroatoms. The van der Waals surface area contributed by atoms with Gasteiger partial charge in [-0.3, -0.25) is 4.79 Å². The van der Waals surface area contributed by atoms with Gasteiger partial charge in [0, 0.05) is 21.5 Å². The lowest BCUT2D eigenvalue weighted by Crippen LogP contribution is -2.55. The van der Waals surface area contributed by atoms with E-state index in [1.165, 1.54) is 11.3 Å². The maximum Gasteiger partial charge on any atom is 0.341 e. The van der Waals surface area contributed by atoms with Crippen molar-refractivity contribution in [2.75, 3.05) is 5.32 Å². The fourth-order valence-corrected chi connectivity index (χ4v) is 5.35. The molecule has 1 aliphatic heterocycles. The van der Waals surface area contributed by atoms with E-state index in [0.717, 1.165) is 10.4 Å². The molecule has 0 radical (unpaired) electrons. The second-order valence-electron chi connectivity index (χ2n) is 9.19. The van der Waals surface area contributed by atoms with Gasteiger partial charge in [-0.1, -0.05) is 23.7 Å². The summed E-state index contributed by atoms with van der Waals surface area (Å²) in [4.78, 5) is 27.0. The highest BCUT2D eigenvalue weighted by Gasteiger charge is 2.42. The molecule has 0 unspecified atom stereocenters. The summed E-state index contributed by atoms with van der Waals surface area (Å²) in [6.45, 7) is 12.0. The predicted octanol–water partition coefficient (Wildman–Crippen LogP) is 2.69. The van der Waals surface area contributed by atoms with Gasteiger partial charge in [-0.25, -0.2) is 4.79 Å². The second-order valence-corrected chi connectivity index (χ2v) is 10.2. The van der Waals surface area contributed by atoms with Crippen molar-refractivity contribution in [3.63, 3.8) is 0 Å². The Kier molecular flexibility index (Phi) is 6.14. The van der Waals surface area contributed by atoms with Crippen molar-refractivity contribution >= 4 is 41.2 Å². The molecule has 30 heavy (non-hydrogen) atoms. The summed E-state index contributed by atoms with van der Waals surface area (Å²) in [6, 6.07) is 6.80. The summed E-state index contributed by atoms with van der Waals surface area (Å²) in [7, 11) is -0.144. The number of rotatable bonds is 5. The van der Waals surface area contributed by atoms with Gasteiger partial charge in [-0.15, -0.1) is 11.3 Å². The first-order chi connectivity index (χ1) is 13.9. The molecule has 0 saturated heterocycles. The molecule has 1 aliphatic rings. The molecule has 6 nitrogen and oxygen atoms in total. The number of benzene rings is 1. The van der Waals surface area contributed by atoms with Crippen molar-refractivity contribution in [2.45, 2.75) is 65.1 Å². The van der Waals surface area contributed by atoms with Crippen molar-refractivity contribution < 1.29 is 19.3 Å². The average molecular weight is 428 g/mol. The van der Waals surface area contributed by atoms with Crippen molar-refractivity contribution in [2.24, 2.45) is 0 Å². The maximum absolute atomic E-state index is 13.0. The number of nitrogens with one attached hydrogen (secondary N) is 2. The molecule has 0 bridgehead atoms. The number of esters is 1. The zero-order chi connectivity index (χ0) is 22.3. The number of hydrogen-bond donors (Lipinski definition) is 3. The first kappa shape index (κ1) is 22.5. The number of carbonyl (C=O) groups is 2. The van der Waals surface area contributed by atoms with Gasteiger partial charge in [-0.05, 0) is 59.6 Å². The molecule has 1 aromatic carbocycles. The van der Waals surface area contributed by atoms with Crippen LogP contribution >= 0.6 is 11.3 Å². The second kappa shape index (κ2) is 8.17. The number of amides is 1. The van der Waals surface area contributed by atoms with E-state index in [-0.39, 0.29) is 30.6 Å². The average Bonchev–Trinajstić information content (AvgIpc) is 2.98. The Hall–Kier alpha value is -2.16. The number of thiophene rings is 1. The van der Waals surface area contributed by atoms with E-state index >= 15 is 0 Å². The quantitative estimate of drug-likeness (QED) is 0.504. The van der Waals surface area contributed by atoms with Gasteiger partial charge < -0.3 is 20.4 Å². The van der Waals surface area contributed by atoms with Gasteiger partial charge in [0.1, 0.15) is 5.00 Å². The minimum atomic E-state index is -0.421. The van der Waals surface area contributed by atoms with Crippen LogP contribution in [0.25, 0.3) is 0 Å². The number of carbonyl (C=O) groups excluding carboxylic acids is 2. The molecular formula is C22H29BN2O4S. The van der Waals surface area contributed by atoms with Gasteiger partial charge in [-0.2, -0.15) is 0 Å². The van der Waals surface area contributed by atoms with Crippen LogP contribution in [0.2, 0.25) is 0 Å². The predicted molar refractivity (Wildman–Crippen MR) is 122 cm³/mol. The summed E-state index contributed by atoms with van der Waals surface area (Å²) < 4.78 is 5.52. The Morgan fingerprint density at radius 1 is 1.27 bits per heavy atom. The highest BCUT2D eigenvalue weighted by molar-refractivity contribution is 7.17. The summed E-state index contributed by atoms with van der Waals surface area (Å²) >= 11 is 1.41. The SMILES string of the molecule is CC(C)OC(=O)c1c(NC(=O)c2cccc(BO)c2)sc2c1CC(C)(C)NC2(C)C. The molecule has 1 amide bonds. The van der Waals surface area contributed by atoms with E-state index in [9.17, 15) is 14.6 Å². The maximum atomic E-state index is 13.0. The Labute approximate surface area is 182 Å². The van der Waals surface area contributed by atoms with Crippen LogP contribution in [-0.2, 0) is 16.7 Å². The number of fused-ring (bicyclic) bond motifs is 1. The largest absolute Gasteiger partial charge is 0.459 e. The minimum Gasteiger partial charge on any atom is -0.459 e. The molecule has 160 valence electrons. The molecule has 2 aromatic rings. The van der Waals surface area contributed by atoms with Gasteiger partial charge in [0.15, 0.2) is 0 Å². The summed E-state index contributed by atoms with van der Waals surface area (Å²) in [5.74, 6) is -0.747. The van der Waals surface area contributed by atoms with Crippen LogP contribution in [-0.4, -0.2) is 36.0 Å². The van der Waals surface area contributed by atoms with Crippen LogP contribution < -0.4 is 16.1 Å². The standard InChI is InChI=1S/C22H29BN2O4S/c1-12(2)29-20(27)16-15-11-21(3,4)25-22(5,6)17(15)30-19(16)24-18(26)13-8-7-9-14(10-13)23-28/h7-10,12,23,25,28H,11H2,1-6H3,(H,24,26). The molecule has 3 rings (SSSR count). The van der Waals surface area contributed by atoms with Crippen LogP contribution in [0.3, 0.4) is 0 Å². The van der Waals surface area contributed by atoms with Gasteiger partial charge in [0.05, 0.1) is 11.7 Å². The zero-order valence-corrected chi connectivity index (χ0v) is 19.2. The van der Waals surface area contributed by atoms with E-state index in [1.54, 1.807) is 24.3 Å². The van der Waals surface area contributed by atoms with Gasteiger partial charge in [0.25, 0.3) is 5.91 Å². The van der Waals surface area contributed by atoms with Gasteiger partial charge in [0.2, 0.25) is 0 Å². The molecule has 2 heterocycles. The smallest absolute Gasteiger partial charge is 0.341 e. The minimum absolute atomic E-state index is 0.144. The lowest BCUT2D eigenvalue weighted by Gasteiger charge is -2.42. The van der Waals surface area contributed by atoms with Crippen LogP contribution in [0.4, 0.5) is 5.00 Å². The van der Waals surface area contributed by atoms with Crippen LogP contribution in [0.15, 0.2) is 24.3 Å². The summed E-state index contributed by atoms with van der Waals surface area (Å²) in [6.07, 6.45) is 0.390. The topological polar surface area (TPSA) is 87.7 Å². The van der Waals surface area contributed by atoms with Crippen molar-refractivity contribution in [3.05, 3.63) is 45.8 Å². The van der Waals surface area contributed by atoms with Crippen LogP contribution in [0, 0.1) is 0 Å². The van der Waals surface area contributed by atoms with Crippen molar-refractivity contribution in [1.29, 1.82) is 0 Å². The monoisotopic (exact) mass is 428 g/mol. The first-order valence-corrected chi connectivity index (χ1v) is 10.9. The third kappa shape index (κ3) is 4.61. The van der Waals surface area contributed by atoms with E-state index < -0.39 is 5.97 Å². The fraction of sp³-hybridized carbons (Fsp3) is 0.455. The molecule has 0 aliphatic carbocycles. The Bertz CT molecular complexity index is 982. The number of anilines is 1. The van der Waals surface area contributed by atoms with Crippen LogP contribution in [0.5, 0.6) is 0 Å². The Morgan fingerprint density at radius 2 is 1.97 bits per heavy atom. The number of hydrogen-bond acceptors (Lipinski definition) is 6. The zero-order valence-electron chi connectivity index (χ0n) is 18.4. The Morgan fingerprint density at radius 3 is 2.60 bits per heavy atom. The molecule has 0 spiro atoms. The molecule has 3 N–H and O–H groups in total. The molecule has 0 fully saturated rings. The summed E-state index contributed by atoms with van der Waals surface area (Å²) in [5, 5.41) is 16.4. The van der Waals surface area contributed by atoms with E-state index in [2.05, 4.69) is 38.3 Å². The molecular weight excluding hydrogens is 399 g/mol. The lowest BCUT2D eigenvalue weighted by molar-refractivity contribution is 0.0377. The van der Waals surface area contributed by atoms with E-state index in [0.29, 0.717) is 28.0 Å². The fourth-order valence-electron chi connectivity index (χ4n) is 4.09. The van der Waals surface area contributed by atoms with Crippen molar-refractivity contribution in [1.82, 2.24) is 5.32 Å². The highest BCUT2D eigenvalue weighted by Crippen LogP contribution is 2.45. The summed E-state index contributed by atoms with van der Waals surface area (Å²) in [5.41, 5.74) is 1.89. The van der Waals surface area contributed by atoms with E-state index in [4.69, 9.17) is 4.74 Å². The first-order valence-electron chi connectivity index (χ1n) is 10.1. The molecule has 1 aromatic heterocycles. The van der Waals surface area contributed by atoms with E-state index in [1.807, 2.05) is 13.8 Å². The van der Waals surface area contributed by atoms with Crippen LogP contribution in [0.1, 0.15) is 72.7 Å². The molecule has 0 atom stereocenters. The highest BCUT2D eigenvalue weighted by atomic mass is 32.1. The number of ether oxygens (including phenoxy) is 1. The Balaban J connectivity index is 2.06. The normalized spacial score (nSPS) is 16.7. The third-order valence-corrected chi connectivity index (χ3v) is 6.46. The molecule has 0 saturated carbocycles. The lowest BCUT2D eigenvalue weighted by atomic mass is 9.81. The van der Waals surface area contributed by atoms with Gasteiger partial charge >= 0.3 is 13.5 Å². The van der Waals surface area contributed by atoms with Crippen molar-refractivity contribution in [3.8, 4) is 0 Å².